The zero-order chi connectivity index (χ0) is 21.8. The lowest BCUT2D eigenvalue weighted by atomic mass is 9.92. The predicted octanol–water partition coefficient (Wildman–Crippen LogP) is 3.72. The summed E-state index contributed by atoms with van der Waals surface area (Å²) in [6.07, 6.45) is 5.49. The Bertz CT molecular complexity index is 1030. The van der Waals surface area contributed by atoms with E-state index in [0.717, 1.165) is 50.0 Å². The van der Waals surface area contributed by atoms with E-state index in [-0.39, 0.29) is 23.8 Å². The van der Waals surface area contributed by atoms with E-state index in [1.807, 2.05) is 30.3 Å². The number of fused-ring (bicyclic) bond motifs is 1. The standard InChI is InChI=1S/C24H31N3O3S/c1-18-13-15-27(17-18)22-9-7-21(8-10-22)26-24(28)12-14-25-31(29,30)23-11-6-19-4-2-3-5-20(19)16-23/h6-11,16,18,25H,2-5,12-15,17H2,1H3,(H,26,28). The Labute approximate surface area is 185 Å². The number of benzene rings is 2. The first-order chi connectivity index (χ1) is 14.9. The van der Waals surface area contributed by atoms with Crippen LogP contribution in [0.2, 0.25) is 0 Å². The fraction of sp³-hybridized carbons (Fsp3) is 0.458. The molecule has 1 atom stereocenters. The second kappa shape index (κ2) is 9.40. The number of carbonyl (C=O) groups is 1. The van der Waals surface area contributed by atoms with E-state index >= 15 is 0 Å². The summed E-state index contributed by atoms with van der Waals surface area (Å²) in [5, 5.41) is 2.84. The smallest absolute Gasteiger partial charge is 0.240 e. The number of hydrogen-bond acceptors (Lipinski definition) is 4. The monoisotopic (exact) mass is 441 g/mol. The molecule has 1 saturated heterocycles. The van der Waals surface area contributed by atoms with Gasteiger partial charge in [0.15, 0.2) is 0 Å². The van der Waals surface area contributed by atoms with Gasteiger partial charge in [-0.1, -0.05) is 13.0 Å². The minimum absolute atomic E-state index is 0.0645. The molecule has 1 unspecified atom stereocenters. The first-order valence-corrected chi connectivity index (χ1v) is 12.7. The molecule has 1 aliphatic heterocycles. The summed E-state index contributed by atoms with van der Waals surface area (Å²) in [5.41, 5.74) is 4.26. The minimum atomic E-state index is -3.62. The third-order valence-electron chi connectivity index (χ3n) is 6.21. The molecule has 4 rings (SSSR count). The number of aryl methyl sites for hydroxylation is 2. The molecule has 1 heterocycles. The Kier molecular flexibility index (Phi) is 6.62. The fourth-order valence-corrected chi connectivity index (χ4v) is 5.49. The maximum absolute atomic E-state index is 12.6. The van der Waals surface area contributed by atoms with Gasteiger partial charge in [0.2, 0.25) is 15.9 Å². The maximum Gasteiger partial charge on any atom is 0.240 e. The molecule has 2 N–H and O–H groups in total. The third-order valence-corrected chi connectivity index (χ3v) is 7.67. The average Bonchev–Trinajstić information content (AvgIpc) is 3.20. The summed E-state index contributed by atoms with van der Waals surface area (Å²) in [6.45, 7) is 4.46. The molecule has 0 radical (unpaired) electrons. The SMILES string of the molecule is CC1CCN(c2ccc(NC(=O)CCNS(=O)(=O)c3ccc4c(c3)CCCC4)cc2)C1. The first-order valence-electron chi connectivity index (χ1n) is 11.2. The van der Waals surface area contributed by atoms with E-state index < -0.39 is 10.0 Å². The van der Waals surface area contributed by atoms with Gasteiger partial charge < -0.3 is 10.2 Å². The van der Waals surface area contributed by atoms with E-state index in [1.54, 1.807) is 12.1 Å². The van der Waals surface area contributed by atoms with Crippen molar-refractivity contribution in [2.24, 2.45) is 5.92 Å². The van der Waals surface area contributed by atoms with E-state index in [9.17, 15) is 13.2 Å². The van der Waals surface area contributed by atoms with E-state index in [1.165, 1.54) is 17.7 Å². The zero-order valence-electron chi connectivity index (χ0n) is 18.1. The average molecular weight is 442 g/mol. The van der Waals surface area contributed by atoms with Gasteiger partial charge in [0.25, 0.3) is 0 Å². The van der Waals surface area contributed by atoms with Crippen LogP contribution in [0.3, 0.4) is 0 Å². The van der Waals surface area contributed by atoms with Gasteiger partial charge in [0.05, 0.1) is 4.90 Å². The normalized spacial score (nSPS) is 18.6. The summed E-state index contributed by atoms with van der Waals surface area (Å²) in [7, 11) is -3.62. The second-order valence-electron chi connectivity index (χ2n) is 8.72. The number of amides is 1. The van der Waals surface area contributed by atoms with Crippen molar-refractivity contribution in [2.75, 3.05) is 29.9 Å². The predicted molar refractivity (Wildman–Crippen MR) is 124 cm³/mol. The summed E-state index contributed by atoms with van der Waals surface area (Å²) < 4.78 is 27.7. The summed E-state index contributed by atoms with van der Waals surface area (Å²) >= 11 is 0. The van der Waals surface area contributed by atoms with Gasteiger partial charge in [-0.3, -0.25) is 4.79 Å². The molecule has 7 heteroatoms. The highest BCUT2D eigenvalue weighted by Gasteiger charge is 2.19. The van der Waals surface area contributed by atoms with Crippen molar-refractivity contribution in [1.82, 2.24) is 4.72 Å². The van der Waals surface area contributed by atoms with Crippen molar-refractivity contribution < 1.29 is 13.2 Å². The molecule has 166 valence electrons. The molecule has 0 saturated carbocycles. The molecule has 1 fully saturated rings. The number of hydrogen-bond donors (Lipinski definition) is 2. The van der Waals surface area contributed by atoms with Gasteiger partial charge >= 0.3 is 0 Å². The first kappa shape index (κ1) is 21.8. The van der Waals surface area contributed by atoms with Gasteiger partial charge in [-0.25, -0.2) is 13.1 Å². The van der Waals surface area contributed by atoms with Crippen molar-refractivity contribution in [3.63, 3.8) is 0 Å². The van der Waals surface area contributed by atoms with Crippen LogP contribution in [0.4, 0.5) is 11.4 Å². The highest BCUT2D eigenvalue weighted by atomic mass is 32.2. The van der Waals surface area contributed by atoms with Crippen LogP contribution in [0.15, 0.2) is 47.4 Å². The van der Waals surface area contributed by atoms with Crippen molar-refractivity contribution in [1.29, 1.82) is 0 Å². The topological polar surface area (TPSA) is 78.5 Å². The van der Waals surface area contributed by atoms with Gasteiger partial charge in [-0.15, -0.1) is 0 Å². The molecule has 31 heavy (non-hydrogen) atoms. The number of anilines is 2. The minimum Gasteiger partial charge on any atom is -0.371 e. The highest BCUT2D eigenvalue weighted by Crippen LogP contribution is 2.25. The number of nitrogens with zero attached hydrogens (tertiary/aromatic N) is 1. The third kappa shape index (κ3) is 5.46. The number of nitrogens with one attached hydrogen (secondary N) is 2. The Hall–Kier alpha value is -2.38. The van der Waals surface area contributed by atoms with Gasteiger partial charge in [0.1, 0.15) is 0 Å². The molecule has 0 aromatic heterocycles. The molecule has 1 aliphatic carbocycles. The van der Waals surface area contributed by atoms with Gasteiger partial charge in [0, 0.05) is 37.4 Å². The summed E-state index contributed by atoms with van der Waals surface area (Å²) in [4.78, 5) is 14.9. The summed E-state index contributed by atoms with van der Waals surface area (Å²) in [6, 6.07) is 13.2. The van der Waals surface area contributed by atoms with E-state index in [2.05, 4.69) is 21.9 Å². The molecule has 2 aromatic carbocycles. The largest absolute Gasteiger partial charge is 0.371 e. The summed E-state index contributed by atoms with van der Waals surface area (Å²) in [5.74, 6) is 0.500. The lowest BCUT2D eigenvalue weighted by Gasteiger charge is -2.18. The van der Waals surface area contributed by atoms with E-state index in [4.69, 9.17) is 0 Å². The van der Waals surface area contributed by atoms with Crippen LogP contribution >= 0.6 is 0 Å². The lowest BCUT2D eigenvalue weighted by Crippen LogP contribution is -2.28. The Morgan fingerprint density at radius 2 is 1.81 bits per heavy atom. The number of carbonyl (C=O) groups excluding carboxylic acids is 1. The van der Waals surface area contributed by atoms with Gasteiger partial charge in [-0.2, -0.15) is 0 Å². The van der Waals surface area contributed by atoms with Crippen LogP contribution in [0, 0.1) is 5.92 Å². The van der Waals surface area contributed by atoms with Crippen LogP contribution in [0.1, 0.15) is 43.7 Å². The van der Waals surface area contributed by atoms with Crippen LogP contribution < -0.4 is 14.9 Å². The molecule has 6 nitrogen and oxygen atoms in total. The quantitative estimate of drug-likeness (QED) is 0.686. The number of rotatable bonds is 7. The number of sulfonamides is 1. The Morgan fingerprint density at radius 3 is 2.52 bits per heavy atom. The molecule has 0 spiro atoms. The van der Waals surface area contributed by atoms with Gasteiger partial charge in [-0.05, 0) is 85.5 Å². The molecule has 2 aliphatic rings. The van der Waals surface area contributed by atoms with Crippen molar-refractivity contribution >= 4 is 27.3 Å². The Morgan fingerprint density at radius 1 is 1.06 bits per heavy atom. The maximum atomic E-state index is 12.6. The van der Waals surface area contributed by atoms with E-state index in [0.29, 0.717) is 5.92 Å². The van der Waals surface area contributed by atoms with Crippen molar-refractivity contribution in [3.8, 4) is 0 Å². The second-order valence-corrected chi connectivity index (χ2v) is 10.5. The fourth-order valence-electron chi connectivity index (χ4n) is 4.41. The lowest BCUT2D eigenvalue weighted by molar-refractivity contribution is -0.116. The highest BCUT2D eigenvalue weighted by molar-refractivity contribution is 7.89. The van der Waals surface area contributed by atoms with Crippen LogP contribution in [0.5, 0.6) is 0 Å². The van der Waals surface area contributed by atoms with Crippen LogP contribution in [-0.2, 0) is 27.7 Å². The Balaban J connectivity index is 1.27. The molecule has 1 amide bonds. The molecule has 0 bridgehead atoms. The molecule has 2 aromatic rings. The van der Waals surface area contributed by atoms with Crippen LogP contribution in [-0.4, -0.2) is 34.0 Å². The zero-order valence-corrected chi connectivity index (χ0v) is 18.9. The van der Waals surface area contributed by atoms with Crippen molar-refractivity contribution in [2.45, 2.75) is 50.3 Å². The van der Waals surface area contributed by atoms with Crippen LogP contribution in [0.25, 0.3) is 0 Å². The van der Waals surface area contributed by atoms with Crippen molar-refractivity contribution in [3.05, 3.63) is 53.6 Å². The molecular weight excluding hydrogens is 410 g/mol. The molecular formula is C24H31N3O3S.